The molecule has 0 aromatic heterocycles. The van der Waals surface area contributed by atoms with E-state index in [1.165, 1.54) is 0 Å². The summed E-state index contributed by atoms with van der Waals surface area (Å²) in [5.74, 6) is -9.46. The Hall–Kier alpha value is -3.28. The molecule has 2 aromatic carbocycles. The molecule has 3 N–H and O–H groups in total. The monoisotopic (exact) mass is 490 g/mol. The summed E-state index contributed by atoms with van der Waals surface area (Å²) < 4.78 is 93.8. The van der Waals surface area contributed by atoms with Gasteiger partial charge in [-0.15, -0.1) is 0 Å². The van der Waals surface area contributed by atoms with Crippen molar-refractivity contribution in [2.24, 2.45) is 11.7 Å². The minimum Gasteiger partial charge on any atom is -0.493 e. The highest BCUT2D eigenvalue weighted by molar-refractivity contribution is 5.98. The van der Waals surface area contributed by atoms with Crippen LogP contribution in [0.3, 0.4) is 0 Å². The smallest absolute Gasteiger partial charge is 0.417 e. The molecule has 2 aromatic rings. The van der Waals surface area contributed by atoms with E-state index in [1.807, 2.05) is 0 Å². The second-order valence-electron chi connectivity index (χ2n) is 7.99. The molecule has 2 amide bonds. The van der Waals surface area contributed by atoms with E-state index in [4.69, 9.17) is 15.2 Å². The number of hydrogen-bond acceptors (Lipinski definition) is 4. The van der Waals surface area contributed by atoms with Crippen LogP contribution in [0.5, 0.6) is 5.75 Å². The molecular formula is C22H20F6N2O4. The Kier molecular flexibility index (Phi) is 6.57. The van der Waals surface area contributed by atoms with Crippen LogP contribution in [-0.4, -0.2) is 36.8 Å². The maximum Gasteiger partial charge on any atom is 0.417 e. The van der Waals surface area contributed by atoms with Crippen LogP contribution in [0.4, 0.5) is 32.0 Å². The van der Waals surface area contributed by atoms with Crippen molar-refractivity contribution < 1.29 is 45.4 Å². The predicted molar refractivity (Wildman–Crippen MR) is 108 cm³/mol. The Morgan fingerprint density at radius 2 is 1.74 bits per heavy atom. The molecule has 3 rings (SSSR count). The SMILES string of the molecule is COc1c([C@@H]2[C@@H](C(=O)Nc3ccc(F)c(C(N)=O)c3)O[C@](C)(C(F)(F)F)[C@@H]2C)ccc(F)c1F. The fourth-order valence-corrected chi connectivity index (χ4v) is 4.05. The molecule has 6 nitrogen and oxygen atoms in total. The van der Waals surface area contributed by atoms with Crippen LogP contribution in [0.2, 0.25) is 0 Å². The summed E-state index contributed by atoms with van der Waals surface area (Å²) in [6.07, 6.45) is -6.77. The Labute approximate surface area is 190 Å². The van der Waals surface area contributed by atoms with Crippen LogP contribution in [0.15, 0.2) is 30.3 Å². The van der Waals surface area contributed by atoms with Gasteiger partial charge in [-0.05, 0) is 31.2 Å². The van der Waals surface area contributed by atoms with Crippen molar-refractivity contribution in [3.8, 4) is 5.75 Å². The number of alkyl halides is 3. The number of halogens is 6. The Balaban J connectivity index is 2.08. The minimum absolute atomic E-state index is 0.145. The summed E-state index contributed by atoms with van der Waals surface area (Å²) in [6.45, 7) is 1.91. The zero-order valence-corrected chi connectivity index (χ0v) is 18.1. The molecule has 4 atom stereocenters. The number of nitrogens with one attached hydrogen (secondary N) is 1. The van der Waals surface area contributed by atoms with Gasteiger partial charge in [0.25, 0.3) is 11.8 Å². The fourth-order valence-electron chi connectivity index (χ4n) is 4.05. The van der Waals surface area contributed by atoms with Crippen molar-refractivity contribution in [3.05, 3.63) is 58.9 Å². The van der Waals surface area contributed by atoms with Gasteiger partial charge in [-0.3, -0.25) is 9.59 Å². The minimum atomic E-state index is -4.93. The van der Waals surface area contributed by atoms with E-state index in [-0.39, 0.29) is 11.3 Å². The maximum atomic E-state index is 14.4. The molecule has 184 valence electrons. The molecule has 0 unspecified atom stereocenters. The third-order valence-electron chi connectivity index (χ3n) is 6.07. The van der Waals surface area contributed by atoms with Crippen molar-refractivity contribution in [3.63, 3.8) is 0 Å². The first-order chi connectivity index (χ1) is 15.7. The van der Waals surface area contributed by atoms with Crippen molar-refractivity contribution in [1.29, 1.82) is 0 Å². The first kappa shape index (κ1) is 25.3. The van der Waals surface area contributed by atoms with Crippen molar-refractivity contribution in [2.75, 3.05) is 12.4 Å². The van der Waals surface area contributed by atoms with E-state index in [0.29, 0.717) is 6.07 Å². The van der Waals surface area contributed by atoms with Gasteiger partial charge in [-0.2, -0.15) is 17.6 Å². The summed E-state index contributed by atoms with van der Waals surface area (Å²) in [6, 6.07) is 4.53. The Morgan fingerprint density at radius 3 is 2.29 bits per heavy atom. The number of benzene rings is 2. The van der Waals surface area contributed by atoms with Crippen molar-refractivity contribution in [2.45, 2.75) is 37.6 Å². The molecule has 1 fully saturated rings. The quantitative estimate of drug-likeness (QED) is 0.612. The number of nitrogens with two attached hydrogens (primary N) is 1. The van der Waals surface area contributed by atoms with Crippen LogP contribution >= 0.6 is 0 Å². The average Bonchev–Trinajstić information content (AvgIpc) is 3.03. The summed E-state index contributed by atoms with van der Waals surface area (Å²) in [5, 5.41) is 2.26. The summed E-state index contributed by atoms with van der Waals surface area (Å²) in [7, 11) is 1.00. The van der Waals surface area contributed by atoms with E-state index in [0.717, 1.165) is 45.2 Å². The van der Waals surface area contributed by atoms with E-state index in [9.17, 15) is 35.9 Å². The van der Waals surface area contributed by atoms with Gasteiger partial charge in [0.1, 0.15) is 11.9 Å². The summed E-state index contributed by atoms with van der Waals surface area (Å²) in [5.41, 5.74) is 1.32. The largest absolute Gasteiger partial charge is 0.493 e. The van der Waals surface area contributed by atoms with E-state index in [1.54, 1.807) is 0 Å². The highest BCUT2D eigenvalue weighted by atomic mass is 19.4. The molecule has 1 saturated heterocycles. The molecule has 1 aliphatic heterocycles. The lowest BCUT2D eigenvalue weighted by Gasteiger charge is -2.32. The van der Waals surface area contributed by atoms with E-state index >= 15 is 0 Å². The normalized spacial score (nSPS) is 24.7. The number of amides is 2. The number of ether oxygens (including phenoxy) is 2. The number of hydrogen-bond donors (Lipinski definition) is 2. The van der Waals surface area contributed by atoms with Gasteiger partial charge in [-0.1, -0.05) is 13.0 Å². The van der Waals surface area contributed by atoms with Gasteiger partial charge in [-0.25, -0.2) is 8.78 Å². The van der Waals surface area contributed by atoms with Crippen LogP contribution < -0.4 is 15.8 Å². The second kappa shape index (κ2) is 8.82. The third-order valence-corrected chi connectivity index (χ3v) is 6.07. The molecule has 0 saturated carbocycles. The maximum absolute atomic E-state index is 14.4. The van der Waals surface area contributed by atoms with Crippen LogP contribution in [-0.2, 0) is 9.53 Å². The molecule has 1 aliphatic rings. The molecule has 0 radical (unpaired) electrons. The van der Waals surface area contributed by atoms with E-state index in [2.05, 4.69) is 5.32 Å². The van der Waals surface area contributed by atoms with Gasteiger partial charge in [0.2, 0.25) is 5.82 Å². The van der Waals surface area contributed by atoms with Crippen molar-refractivity contribution in [1.82, 2.24) is 0 Å². The third kappa shape index (κ3) is 4.17. The Morgan fingerprint density at radius 1 is 1.12 bits per heavy atom. The highest BCUT2D eigenvalue weighted by Crippen LogP contribution is 2.55. The first-order valence-corrected chi connectivity index (χ1v) is 9.89. The topological polar surface area (TPSA) is 90.6 Å². The lowest BCUT2D eigenvalue weighted by Crippen LogP contribution is -2.47. The van der Waals surface area contributed by atoms with Gasteiger partial charge in [0.05, 0.1) is 12.7 Å². The molecule has 0 spiro atoms. The standard InChI is InChI=1S/C22H20F6N2O4/c1-9-15(11-5-7-14(24)16(25)17(11)33-3)18(34-21(9,2)22(26,27)28)20(32)30-10-4-6-13(23)12(8-10)19(29)31/h4-9,15,18H,1-3H3,(H2,29,31)(H,30,32)/t9-,15-,18+,21+/m1/s1. The van der Waals surface area contributed by atoms with Crippen molar-refractivity contribution >= 4 is 17.5 Å². The summed E-state index contributed by atoms with van der Waals surface area (Å²) in [4.78, 5) is 24.4. The van der Waals surface area contributed by atoms with Crippen LogP contribution in [0.1, 0.15) is 35.7 Å². The van der Waals surface area contributed by atoms with Gasteiger partial charge < -0.3 is 20.5 Å². The first-order valence-electron chi connectivity index (χ1n) is 9.89. The van der Waals surface area contributed by atoms with E-state index < -0.39 is 70.3 Å². The van der Waals surface area contributed by atoms with Crippen LogP contribution in [0.25, 0.3) is 0 Å². The number of anilines is 1. The number of carbonyl (C=O) groups excluding carboxylic acids is 2. The fraction of sp³-hybridized carbons (Fsp3) is 0.364. The average molecular weight is 490 g/mol. The second-order valence-corrected chi connectivity index (χ2v) is 7.99. The zero-order valence-electron chi connectivity index (χ0n) is 18.1. The number of rotatable bonds is 5. The predicted octanol–water partition coefficient (Wildman–Crippen LogP) is 4.29. The molecule has 1 heterocycles. The number of primary amides is 1. The van der Waals surface area contributed by atoms with Gasteiger partial charge >= 0.3 is 6.18 Å². The Bertz CT molecular complexity index is 1140. The zero-order chi connectivity index (χ0) is 25.6. The molecule has 12 heteroatoms. The molecular weight excluding hydrogens is 470 g/mol. The van der Waals surface area contributed by atoms with Crippen LogP contribution in [0, 0.1) is 23.4 Å². The molecule has 0 bridgehead atoms. The lowest BCUT2D eigenvalue weighted by atomic mass is 9.77. The number of carbonyl (C=O) groups is 2. The lowest BCUT2D eigenvalue weighted by molar-refractivity contribution is -0.272. The molecule has 34 heavy (non-hydrogen) atoms. The van der Waals surface area contributed by atoms with Gasteiger partial charge in [0, 0.05) is 23.1 Å². The number of methoxy groups -OCH3 is 1. The molecule has 0 aliphatic carbocycles. The van der Waals surface area contributed by atoms with Gasteiger partial charge in [0.15, 0.2) is 17.2 Å². The summed E-state index contributed by atoms with van der Waals surface area (Å²) >= 11 is 0. The highest BCUT2D eigenvalue weighted by Gasteiger charge is 2.65.